The topological polar surface area (TPSA) is 59.4 Å². The first kappa shape index (κ1) is 16.6. The van der Waals surface area contributed by atoms with Crippen LogP contribution in [0.4, 0.5) is 10.5 Å². The monoisotopic (exact) mass is 348 g/mol. The molecule has 6 nitrogen and oxygen atoms in total. The van der Waals surface area contributed by atoms with Gasteiger partial charge in [-0.05, 0) is 31.9 Å². The number of rotatable bonds is 4. The summed E-state index contributed by atoms with van der Waals surface area (Å²) in [4.78, 5) is 18.8. The second-order valence-corrected chi connectivity index (χ2v) is 6.30. The summed E-state index contributed by atoms with van der Waals surface area (Å²) in [6.07, 6.45) is 5.74. The number of nitrogens with zero attached hydrogens (tertiary/aromatic N) is 3. The number of nitrogens with one attached hydrogen (secondary N) is 1. The minimum Gasteiger partial charge on any atom is -0.495 e. The van der Waals surface area contributed by atoms with E-state index in [2.05, 4.69) is 14.9 Å². The molecule has 24 heavy (non-hydrogen) atoms. The first-order valence-electron chi connectivity index (χ1n) is 7.97. The Bertz CT molecular complexity index is 731. The number of urea groups is 1. The highest BCUT2D eigenvalue weighted by Crippen LogP contribution is 2.28. The fourth-order valence-corrected chi connectivity index (χ4v) is 3.24. The molecule has 0 saturated carbocycles. The predicted molar refractivity (Wildman–Crippen MR) is 93.7 cm³/mol. The highest BCUT2D eigenvalue weighted by atomic mass is 35.5. The number of amides is 2. The Morgan fingerprint density at radius 3 is 3.04 bits per heavy atom. The minimum atomic E-state index is -0.0976. The Balaban J connectivity index is 1.68. The van der Waals surface area contributed by atoms with Crippen LogP contribution in [0, 0.1) is 6.92 Å². The first-order chi connectivity index (χ1) is 11.6. The van der Waals surface area contributed by atoms with E-state index in [9.17, 15) is 4.79 Å². The smallest absolute Gasteiger partial charge is 0.322 e. The van der Waals surface area contributed by atoms with Crippen LogP contribution in [0.1, 0.15) is 18.7 Å². The highest BCUT2D eigenvalue weighted by molar-refractivity contribution is 6.32. The lowest BCUT2D eigenvalue weighted by Crippen LogP contribution is -2.40. The van der Waals surface area contributed by atoms with Crippen molar-refractivity contribution < 1.29 is 9.53 Å². The fraction of sp³-hybridized carbons (Fsp3) is 0.412. The maximum absolute atomic E-state index is 12.6. The normalized spacial score (nSPS) is 17.1. The standard InChI is InChI=1S/C17H21ClN4O2/c1-12-19-7-9-21(12)11-14-4-3-8-22(14)17(23)20-13-5-6-15(18)16(10-13)24-2/h5-7,9-10,14H,3-4,8,11H2,1-2H3,(H,20,23)/t14-/m1/s1. The molecule has 1 aliphatic rings. The Morgan fingerprint density at radius 1 is 1.50 bits per heavy atom. The Kier molecular flexibility index (Phi) is 4.94. The number of ether oxygens (including phenoxy) is 1. The Hall–Kier alpha value is -2.21. The van der Waals surface area contributed by atoms with Crippen LogP contribution >= 0.6 is 11.6 Å². The van der Waals surface area contributed by atoms with Gasteiger partial charge in [-0.15, -0.1) is 0 Å². The van der Waals surface area contributed by atoms with E-state index in [1.807, 2.05) is 18.0 Å². The molecule has 1 N–H and O–H groups in total. The van der Waals surface area contributed by atoms with E-state index in [0.29, 0.717) is 16.5 Å². The number of aryl methyl sites for hydroxylation is 1. The summed E-state index contributed by atoms with van der Waals surface area (Å²) >= 11 is 6.02. The molecule has 0 radical (unpaired) electrons. The molecule has 3 rings (SSSR count). The quantitative estimate of drug-likeness (QED) is 0.919. The average Bonchev–Trinajstić information content (AvgIpc) is 3.19. The van der Waals surface area contributed by atoms with E-state index in [1.54, 1.807) is 31.5 Å². The molecule has 1 aromatic heterocycles. The first-order valence-corrected chi connectivity index (χ1v) is 8.35. The molecule has 1 atom stereocenters. The summed E-state index contributed by atoms with van der Waals surface area (Å²) in [6.45, 7) is 3.50. The van der Waals surface area contributed by atoms with Gasteiger partial charge in [0.25, 0.3) is 0 Å². The number of aromatic nitrogens is 2. The number of benzene rings is 1. The van der Waals surface area contributed by atoms with Gasteiger partial charge in [0, 0.05) is 37.2 Å². The SMILES string of the molecule is COc1cc(NC(=O)N2CCC[C@@H]2Cn2ccnc2C)ccc1Cl. The van der Waals surface area contributed by atoms with E-state index < -0.39 is 0 Å². The van der Waals surface area contributed by atoms with E-state index in [1.165, 1.54) is 0 Å². The number of likely N-dealkylation sites (tertiary alicyclic amines) is 1. The van der Waals surface area contributed by atoms with Gasteiger partial charge < -0.3 is 19.5 Å². The minimum absolute atomic E-state index is 0.0976. The molecule has 1 aliphatic heterocycles. The number of carbonyl (C=O) groups excluding carboxylic acids is 1. The Morgan fingerprint density at radius 2 is 2.33 bits per heavy atom. The van der Waals surface area contributed by atoms with Crippen LogP contribution in [0.2, 0.25) is 5.02 Å². The van der Waals surface area contributed by atoms with Gasteiger partial charge in [0.05, 0.1) is 18.2 Å². The average molecular weight is 349 g/mol. The van der Waals surface area contributed by atoms with Gasteiger partial charge in [-0.1, -0.05) is 11.6 Å². The van der Waals surface area contributed by atoms with Crippen molar-refractivity contribution in [3.05, 3.63) is 41.4 Å². The number of halogens is 1. The van der Waals surface area contributed by atoms with Crippen LogP contribution in [-0.2, 0) is 6.54 Å². The van der Waals surface area contributed by atoms with Crippen molar-refractivity contribution in [2.24, 2.45) is 0 Å². The second-order valence-electron chi connectivity index (χ2n) is 5.90. The van der Waals surface area contributed by atoms with Gasteiger partial charge in [0.1, 0.15) is 11.6 Å². The molecule has 2 amide bonds. The van der Waals surface area contributed by atoms with Crippen molar-refractivity contribution in [2.75, 3.05) is 19.0 Å². The molecule has 7 heteroatoms. The fourth-order valence-electron chi connectivity index (χ4n) is 3.05. The van der Waals surface area contributed by atoms with E-state index >= 15 is 0 Å². The lowest BCUT2D eigenvalue weighted by Gasteiger charge is -2.25. The third-order valence-electron chi connectivity index (χ3n) is 4.37. The van der Waals surface area contributed by atoms with Gasteiger partial charge in [-0.3, -0.25) is 0 Å². The molecular weight excluding hydrogens is 328 g/mol. The summed E-state index contributed by atoms with van der Waals surface area (Å²) in [5.74, 6) is 1.51. The zero-order valence-electron chi connectivity index (χ0n) is 13.8. The molecule has 0 unspecified atom stereocenters. The number of imidazole rings is 1. The third-order valence-corrected chi connectivity index (χ3v) is 4.68. The number of carbonyl (C=O) groups is 1. The third kappa shape index (κ3) is 3.48. The second kappa shape index (κ2) is 7.13. The van der Waals surface area contributed by atoms with E-state index in [4.69, 9.17) is 16.3 Å². The van der Waals surface area contributed by atoms with Gasteiger partial charge in [-0.25, -0.2) is 9.78 Å². The van der Waals surface area contributed by atoms with Crippen LogP contribution in [0.15, 0.2) is 30.6 Å². The van der Waals surface area contributed by atoms with Gasteiger partial charge in [0.2, 0.25) is 0 Å². The van der Waals surface area contributed by atoms with Crippen LogP contribution in [0.3, 0.4) is 0 Å². The molecule has 0 spiro atoms. The van der Waals surface area contributed by atoms with Crippen molar-refractivity contribution in [3.63, 3.8) is 0 Å². The summed E-state index contributed by atoms with van der Waals surface area (Å²) < 4.78 is 7.27. The molecule has 2 heterocycles. The molecule has 1 saturated heterocycles. The predicted octanol–water partition coefficient (Wildman–Crippen LogP) is 3.55. The highest BCUT2D eigenvalue weighted by Gasteiger charge is 2.29. The number of hydrogen-bond acceptors (Lipinski definition) is 3. The van der Waals surface area contributed by atoms with Crippen LogP contribution < -0.4 is 10.1 Å². The summed E-state index contributed by atoms with van der Waals surface area (Å²) in [5.41, 5.74) is 0.672. The van der Waals surface area contributed by atoms with Crippen LogP contribution in [-0.4, -0.2) is 40.2 Å². The van der Waals surface area contributed by atoms with E-state index in [0.717, 1.165) is 31.8 Å². The molecule has 0 bridgehead atoms. The maximum Gasteiger partial charge on any atom is 0.322 e. The van der Waals surface area contributed by atoms with Crippen LogP contribution in [0.25, 0.3) is 0 Å². The van der Waals surface area contributed by atoms with Crippen molar-refractivity contribution in [1.29, 1.82) is 0 Å². The summed E-state index contributed by atoms with van der Waals surface area (Å²) in [5, 5.41) is 3.45. The largest absolute Gasteiger partial charge is 0.495 e. The van der Waals surface area contributed by atoms with Crippen molar-refractivity contribution in [1.82, 2.24) is 14.5 Å². The zero-order valence-corrected chi connectivity index (χ0v) is 14.6. The molecule has 1 fully saturated rings. The molecule has 1 aromatic carbocycles. The summed E-state index contributed by atoms with van der Waals surface area (Å²) in [6, 6.07) is 5.29. The number of anilines is 1. The van der Waals surface area contributed by atoms with Gasteiger partial charge in [-0.2, -0.15) is 0 Å². The maximum atomic E-state index is 12.6. The van der Waals surface area contributed by atoms with Gasteiger partial charge >= 0.3 is 6.03 Å². The number of hydrogen-bond donors (Lipinski definition) is 1. The Labute approximate surface area is 146 Å². The lowest BCUT2D eigenvalue weighted by atomic mass is 10.2. The van der Waals surface area contributed by atoms with E-state index in [-0.39, 0.29) is 12.1 Å². The number of methoxy groups -OCH3 is 1. The van der Waals surface area contributed by atoms with Crippen LogP contribution in [0.5, 0.6) is 5.75 Å². The molecule has 0 aliphatic carbocycles. The lowest BCUT2D eigenvalue weighted by molar-refractivity contribution is 0.201. The van der Waals surface area contributed by atoms with Gasteiger partial charge in [0.15, 0.2) is 0 Å². The zero-order chi connectivity index (χ0) is 17.1. The van der Waals surface area contributed by atoms with Crippen molar-refractivity contribution >= 4 is 23.3 Å². The summed E-state index contributed by atoms with van der Waals surface area (Å²) in [7, 11) is 1.55. The molecule has 128 valence electrons. The van der Waals surface area contributed by atoms with Crippen molar-refractivity contribution in [3.8, 4) is 5.75 Å². The van der Waals surface area contributed by atoms with Crippen molar-refractivity contribution in [2.45, 2.75) is 32.4 Å². The molecular formula is C17H21ClN4O2. The molecule has 2 aromatic rings.